The smallest absolute Gasteiger partial charge is 0.303 e. The molecule has 1 aromatic carbocycles. The summed E-state index contributed by atoms with van der Waals surface area (Å²) in [6, 6.07) is 7.40. The average molecular weight is 286 g/mol. The lowest BCUT2D eigenvalue weighted by atomic mass is 10.1. The maximum Gasteiger partial charge on any atom is 0.319 e. The summed E-state index contributed by atoms with van der Waals surface area (Å²) in [6.45, 7) is -0.393. The van der Waals surface area contributed by atoms with Crippen molar-refractivity contribution in [1.82, 2.24) is 14.9 Å². The van der Waals surface area contributed by atoms with Crippen LogP contribution in [-0.2, 0) is 6.54 Å². The Hall–Kier alpha value is -1.46. The number of halogens is 3. The number of rotatable bonds is 5. The Morgan fingerprint density at radius 2 is 2.11 bits per heavy atom. The Morgan fingerprint density at radius 3 is 2.79 bits per heavy atom. The van der Waals surface area contributed by atoms with E-state index in [1.54, 1.807) is 6.07 Å². The molecule has 0 saturated carbocycles. The molecule has 1 aromatic heterocycles. The summed E-state index contributed by atoms with van der Waals surface area (Å²) in [7, 11) is 0. The minimum absolute atomic E-state index is 0.0449. The van der Waals surface area contributed by atoms with Gasteiger partial charge in [0.05, 0.1) is 6.54 Å². The van der Waals surface area contributed by atoms with Gasteiger partial charge in [0.25, 0.3) is 0 Å². The highest BCUT2D eigenvalue weighted by Gasteiger charge is 2.13. The molecule has 3 nitrogen and oxygen atoms in total. The van der Waals surface area contributed by atoms with Crippen molar-refractivity contribution < 1.29 is 8.78 Å². The first kappa shape index (κ1) is 14.0. The van der Waals surface area contributed by atoms with E-state index >= 15 is 0 Å². The fraction of sp³-hybridized carbons (Fsp3) is 0.308. The van der Waals surface area contributed by atoms with Crippen LogP contribution in [-0.4, -0.2) is 9.55 Å². The Balaban J connectivity index is 2.03. The van der Waals surface area contributed by atoms with E-state index in [4.69, 9.17) is 11.6 Å². The van der Waals surface area contributed by atoms with Crippen molar-refractivity contribution in [2.75, 3.05) is 0 Å². The van der Waals surface area contributed by atoms with Gasteiger partial charge in [0.15, 0.2) is 0 Å². The van der Waals surface area contributed by atoms with Gasteiger partial charge in [-0.15, -0.1) is 0 Å². The summed E-state index contributed by atoms with van der Waals surface area (Å²) >= 11 is 6.08. The zero-order chi connectivity index (χ0) is 13.8. The zero-order valence-electron chi connectivity index (χ0n) is 10.4. The van der Waals surface area contributed by atoms with E-state index in [-0.39, 0.29) is 12.6 Å². The van der Waals surface area contributed by atoms with Gasteiger partial charge in [-0.05, 0) is 18.6 Å². The predicted octanol–water partition coefficient (Wildman–Crippen LogP) is 3.78. The standard InChI is InChI=1S/C13H14ClF2N3/c1-9(10-4-2-3-5-11(10)14)18-8-12-17-6-7-19(12)13(15)16/h2-7,9,13,18H,8H2,1H3/t9-/m1/s1. The molecule has 0 radical (unpaired) electrons. The molecule has 0 aliphatic heterocycles. The van der Waals surface area contributed by atoms with Gasteiger partial charge in [0.2, 0.25) is 0 Å². The number of hydrogen-bond donors (Lipinski definition) is 1. The van der Waals surface area contributed by atoms with E-state index in [9.17, 15) is 8.78 Å². The highest BCUT2D eigenvalue weighted by Crippen LogP contribution is 2.22. The first-order valence-corrected chi connectivity index (χ1v) is 6.25. The molecule has 0 bridgehead atoms. The highest BCUT2D eigenvalue weighted by atomic mass is 35.5. The Labute approximate surface area is 115 Å². The van der Waals surface area contributed by atoms with Crippen molar-refractivity contribution in [1.29, 1.82) is 0 Å². The first-order valence-electron chi connectivity index (χ1n) is 5.87. The van der Waals surface area contributed by atoms with Gasteiger partial charge in [0, 0.05) is 23.5 Å². The van der Waals surface area contributed by atoms with Crippen LogP contribution in [0.15, 0.2) is 36.7 Å². The van der Waals surface area contributed by atoms with Crippen molar-refractivity contribution in [3.8, 4) is 0 Å². The summed E-state index contributed by atoms with van der Waals surface area (Å²) in [4.78, 5) is 3.91. The van der Waals surface area contributed by atoms with Crippen LogP contribution in [0.4, 0.5) is 8.78 Å². The molecule has 0 saturated heterocycles. The second-order valence-corrected chi connectivity index (χ2v) is 4.56. The van der Waals surface area contributed by atoms with Gasteiger partial charge in [-0.3, -0.25) is 4.57 Å². The summed E-state index contributed by atoms with van der Waals surface area (Å²) < 4.78 is 26.1. The van der Waals surface area contributed by atoms with Gasteiger partial charge in [-0.2, -0.15) is 8.78 Å². The maximum atomic E-state index is 12.6. The lowest BCUT2D eigenvalue weighted by Crippen LogP contribution is -2.21. The molecule has 102 valence electrons. The molecule has 0 unspecified atom stereocenters. The van der Waals surface area contributed by atoms with Crippen molar-refractivity contribution >= 4 is 11.6 Å². The Bertz CT molecular complexity index is 542. The number of nitrogens with one attached hydrogen (secondary N) is 1. The normalized spacial score (nSPS) is 12.9. The van der Waals surface area contributed by atoms with Crippen LogP contribution in [0.25, 0.3) is 0 Å². The molecule has 6 heteroatoms. The first-order chi connectivity index (χ1) is 9.09. The van der Waals surface area contributed by atoms with Crippen LogP contribution in [0.1, 0.15) is 30.9 Å². The minimum Gasteiger partial charge on any atom is -0.303 e. The highest BCUT2D eigenvalue weighted by molar-refractivity contribution is 6.31. The Morgan fingerprint density at radius 1 is 1.37 bits per heavy atom. The summed E-state index contributed by atoms with van der Waals surface area (Å²) in [5.41, 5.74) is 0.930. The van der Waals surface area contributed by atoms with Crippen LogP contribution < -0.4 is 5.32 Å². The molecule has 0 aliphatic carbocycles. The average Bonchev–Trinajstić information content (AvgIpc) is 2.85. The number of nitrogens with zero attached hydrogens (tertiary/aromatic N) is 2. The third-order valence-electron chi connectivity index (χ3n) is 2.90. The second-order valence-electron chi connectivity index (χ2n) is 4.15. The van der Waals surface area contributed by atoms with Gasteiger partial charge in [-0.25, -0.2) is 4.98 Å². The van der Waals surface area contributed by atoms with Crippen LogP contribution in [0.3, 0.4) is 0 Å². The van der Waals surface area contributed by atoms with Crippen molar-refractivity contribution in [2.45, 2.75) is 26.1 Å². The van der Waals surface area contributed by atoms with Crippen molar-refractivity contribution in [3.05, 3.63) is 53.1 Å². The fourth-order valence-corrected chi connectivity index (χ4v) is 2.14. The zero-order valence-corrected chi connectivity index (χ0v) is 11.1. The summed E-state index contributed by atoms with van der Waals surface area (Å²) in [6.07, 6.45) is 2.63. The van der Waals surface area contributed by atoms with Gasteiger partial charge in [0.1, 0.15) is 5.82 Å². The monoisotopic (exact) mass is 285 g/mol. The second kappa shape index (κ2) is 6.12. The van der Waals surface area contributed by atoms with Crippen LogP contribution in [0.2, 0.25) is 5.02 Å². The molecule has 2 rings (SSSR count). The van der Waals surface area contributed by atoms with E-state index in [1.807, 2.05) is 25.1 Å². The SMILES string of the molecule is C[C@@H](NCc1nccn1C(F)F)c1ccccc1Cl. The summed E-state index contributed by atoms with van der Waals surface area (Å²) in [5, 5.41) is 3.79. The number of alkyl halides is 2. The third-order valence-corrected chi connectivity index (χ3v) is 3.24. The van der Waals surface area contributed by atoms with Crippen molar-refractivity contribution in [3.63, 3.8) is 0 Å². The molecule has 0 spiro atoms. The lowest BCUT2D eigenvalue weighted by molar-refractivity contribution is 0.0665. The molecule has 19 heavy (non-hydrogen) atoms. The van der Waals surface area contributed by atoms with Crippen LogP contribution >= 0.6 is 11.6 Å². The van der Waals surface area contributed by atoms with E-state index in [0.29, 0.717) is 10.8 Å². The minimum atomic E-state index is -2.57. The summed E-state index contributed by atoms with van der Waals surface area (Å²) in [5.74, 6) is 0.300. The largest absolute Gasteiger partial charge is 0.319 e. The van der Waals surface area contributed by atoms with Crippen molar-refractivity contribution in [2.24, 2.45) is 0 Å². The molecular weight excluding hydrogens is 272 g/mol. The molecular formula is C13H14ClF2N3. The maximum absolute atomic E-state index is 12.6. The number of imidazole rings is 1. The molecule has 0 aliphatic rings. The van der Waals surface area contributed by atoms with E-state index in [0.717, 1.165) is 10.1 Å². The van der Waals surface area contributed by atoms with Gasteiger partial charge in [-0.1, -0.05) is 29.8 Å². The topological polar surface area (TPSA) is 29.9 Å². The molecule has 0 fully saturated rings. The molecule has 1 heterocycles. The van der Waals surface area contributed by atoms with Gasteiger partial charge >= 0.3 is 6.55 Å². The van der Waals surface area contributed by atoms with Gasteiger partial charge < -0.3 is 5.32 Å². The molecule has 1 N–H and O–H groups in total. The lowest BCUT2D eigenvalue weighted by Gasteiger charge is -2.16. The number of aromatic nitrogens is 2. The number of hydrogen-bond acceptors (Lipinski definition) is 2. The third kappa shape index (κ3) is 3.30. The van der Waals surface area contributed by atoms with E-state index < -0.39 is 6.55 Å². The molecule has 0 amide bonds. The van der Waals surface area contributed by atoms with Crippen LogP contribution in [0.5, 0.6) is 0 Å². The molecule has 2 aromatic rings. The molecule has 1 atom stereocenters. The van der Waals surface area contributed by atoms with Crippen LogP contribution in [0, 0.1) is 0 Å². The van der Waals surface area contributed by atoms with E-state index in [1.165, 1.54) is 12.4 Å². The predicted molar refractivity (Wildman–Crippen MR) is 70.2 cm³/mol. The van der Waals surface area contributed by atoms with E-state index in [2.05, 4.69) is 10.3 Å². The Kier molecular flexibility index (Phi) is 4.50. The quantitative estimate of drug-likeness (QED) is 0.906. The number of benzene rings is 1. The fourth-order valence-electron chi connectivity index (χ4n) is 1.84.